The van der Waals surface area contributed by atoms with E-state index in [1.165, 1.54) is 18.4 Å². The number of aliphatic imine (C=N–C) groups is 1. The van der Waals surface area contributed by atoms with Gasteiger partial charge in [0.2, 0.25) is 0 Å². The van der Waals surface area contributed by atoms with Crippen LogP contribution in [0.4, 0.5) is 0 Å². The standard InChI is InChI=1S/C17H29N5O/c1-17(2)14(13-7-6-8-23-15(13)17)20-16(18-3)21(4)10-12-9-19-22(5)11-12/h9,11,13-15H,6-8,10H2,1-5H3,(H,18,20). The van der Waals surface area contributed by atoms with Crippen molar-refractivity contribution < 1.29 is 4.74 Å². The van der Waals surface area contributed by atoms with E-state index in [1.54, 1.807) is 0 Å². The lowest BCUT2D eigenvalue weighted by Gasteiger charge is -2.60. The van der Waals surface area contributed by atoms with E-state index in [-0.39, 0.29) is 5.41 Å². The van der Waals surface area contributed by atoms with Crippen LogP contribution in [0.1, 0.15) is 32.3 Å². The molecule has 1 aliphatic heterocycles. The smallest absolute Gasteiger partial charge is 0.193 e. The second-order valence-corrected chi connectivity index (χ2v) is 7.47. The van der Waals surface area contributed by atoms with Crippen LogP contribution in [0.2, 0.25) is 0 Å². The van der Waals surface area contributed by atoms with Crippen molar-refractivity contribution in [1.29, 1.82) is 0 Å². The van der Waals surface area contributed by atoms with E-state index < -0.39 is 0 Å². The minimum atomic E-state index is 0.149. The molecule has 6 nitrogen and oxygen atoms in total. The lowest BCUT2D eigenvalue weighted by atomic mass is 9.55. The average Bonchev–Trinajstić information content (AvgIpc) is 2.93. The molecule has 3 unspecified atom stereocenters. The summed E-state index contributed by atoms with van der Waals surface area (Å²) >= 11 is 0. The highest BCUT2D eigenvalue weighted by Crippen LogP contribution is 2.51. The molecular weight excluding hydrogens is 290 g/mol. The molecule has 1 saturated heterocycles. The van der Waals surface area contributed by atoms with Gasteiger partial charge in [-0.1, -0.05) is 13.8 Å². The zero-order chi connectivity index (χ0) is 16.6. The van der Waals surface area contributed by atoms with Gasteiger partial charge in [0.05, 0.1) is 12.3 Å². The van der Waals surface area contributed by atoms with Crippen LogP contribution in [-0.2, 0) is 18.3 Å². The fraction of sp³-hybridized carbons (Fsp3) is 0.765. The van der Waals surface area contributed by atoms with Crippen molar-refractivity contribution in [1.82, 2.24) is 20.0 Å². The van der Waals surface area contributed by atoms with Gasteiger partial charge in [0, 0.05) is 63.4 Å². The summed E-state index contributed by atoms with van der Waals surface area (Å²) in [5.41, 5.74) is 1.33. The van der Waals surface area contributed by atoms with Crippen LogP contribution in [0.15, 0.2) is 17.4 Å². The van der Waals surface area contributed by atoms with E-state index in [9.17, 15) is 0 Å². The molecule has 0 amide bonds. The molecule has 23 heavy (non-hydrogen) atoms. The highest BCUT2D eigenvalue weighted by molar-refractivity contribution is 5.80. The highest BCUT2D eigenvalue weighted by Gasteiger charge is 2.58. The summed E-state index contributed by atoms with van der Waals surface area (Å²) in [7, 11) is 5.86. The molecule has 1 aromatic rings. The van der Waals surface area contributed by atoms with Crippen molar-refractivity contribution in [3.05, 3.63) is 18.0 Å². The number of rotatable bonds is 3. The minimum Gasteiger partial charge on any atom is -0.377 e. The van der Waals surface area contributed by atoms with Gasteiger partial charge in [0.1, 0.15) is 0 Å². The van der Waals surface area contributed by atoms with Crippen molar-refractivity contribution in [2.75, 3.05) is 20.7 Å². The predicted octanol–water partition coefficient (Wildman–Crippen LogP) is 1.63. The summed E-state index contributed by atoms with van der Waals surface area (Å²) < 4.78 is 7.82. The summed E-state index contributed by atoms with van der Waals surface area (Å²) in [5.74, 6) is 1.54. The summed E-state index contributed by atoms with van der Waals surface area (Å²) in [6.45, 7) is 6.30. The average molecular weight is 319 g/mol. The molecule has 1 saturated carbocycles. The van der Waals surface area contributed by atoms with Gasteiger partial charge >= 0.3 is 0 Å². The van der Waals surface area contributed by atoms with Gasteiger partial charge in [0.15, 0.2) is 5.96 Å². The maximum absolute atomic E-state index is 5.99. The van der Waals surface area contributed by atoms with Gasteiger partial charge in [-0.25, -0.2) is 0 Å². The van der Waals surface area contributed by atoms with Crippen LogP contribution in [0.5, 0.6) is 0 Å². The normalized spacial score (nSPS) is 29.6. The molecular formula is C17H29N5O. The number of aromatic nitrogens is 2. The third-order valence-corrected chi connectivity index (χ3v) is 5.37. The zero-order valence-corrected chi connectivity index (χ0v) is 14.9. The van der Waals surface area contributed by atoms with Crippen molar-refractivity contribution in [3.8, 4) is 0 Å². The van der Waals surface area contributed by atoms with Gasteiger partial charge < -0.3 is 15.0 Å². The van der Waals surface area contributed by atoms with Crippen molar-refractivity contribution in [2.24, 2.45) is 23.4 Å². The first-order valence-corrected chi connectivity index (χ1v) is 8.47. The van der Waals surface area contributed by atoms with E-state index in [1.807, 2.05) is 31.2 Å². The number of aryl methyl sites for hydroxylation is 1. The molecule has 2 fully saturated rings. The van der Waals surface area contributed by atoms with E-state index in [4.69, 9.17) is 4.74 Å². The van der Waals surface area contributed by atoms with Crippen LogP contribution in [-0.4, -0.2) is 53.5 Å². The molecule has 0 spiro atoms. The molecule has 1 N–H and O–H groups in total. The zero-order valence-electron chi connectivity index (χ0n) is 14.9. The van der Waals surface area contributed by atoms with Crippen molar-refractivity contribution >= 4 is 5.96 Å². The molecule has 2 heterocycles. The maximum Gasteiger partial charge on any atom is 0.193 e. The second-order valence-electron chi connectivity index (χ2n) is 7.47. The molecule has 6 heteroatoms. The van der Waals surface area contributed by atoms with Crippen LogP contribution in [0.3, 0.4) is 0 Å². The summed E-state index contributed by atoms with van der Waals surface area (Å²) in [6.07, 6.45) is 6.74. The number of nitrogens with one attached hydrogen (secondary N) is 1. The first-order valence-electron chi connectivity index (χ1n) is 8.47. The fourth-order valence-corrected chi connectivity index (χ4v) is 4.20. The lowest BCUT2D eigenvalue weighted by Crippen LogP contribution is -2.71. The number of fused-ring (bicyclic) bond motifs is 1. The van der Waals surface area contributed by atoms with Gasteiger partial charge in [0.25, 0.3) is 0 Å². The summed E-state index contributed by atoms with van der Waals surface area (Å²) in [4.78, 5) is 6.64. The fourth-order valence-electron chi connectivity index (χ4n) is 4.20. The van der Waals surface area contributed by atoms with Crippen LogP contribution in [0.25, 0.3) is 0 Å². The predicted molar refractivity (Wildman–Crippen MR) is 91.2 cm³/mol. The molecule has 3 rings (SSSR count). The minimum absolute atomic E-state index is 0.149. The molecule has 2 aliphatic rings. The van der Waals surface area contributed by atoms with Gasteiger partial charge in [-0.3, -0.25) is 9.67 Å². The number of hydrogen-bond acceptors (Lipinski definition) is 3. The van der Waals surface area contributed by atoms with E-state index in [0.717, 1.165) is 19.1 Å². The lowest BCUT2D eigenvalue weighted by molar-refractivity contribution is -0.188. The molecule has 1 aliphatic carbocycles. The van der Waals surface area contributed by atoms with E-state index in [2.05, 4.69) is 41.2 Å². The van der Waals surface area contributed by atoms with Gasteiger partial charge in [-0.05, 0) is 12.8 Å². The first kappa shape index (κ1) is 16.3. The third-order valence-electron chi connectivity index (χ3n) is 5.37. The van der Waals surface area contributed by atoms with Crippen LogP contribution in [0, 0.1) is 11.3 Å². The van der Waals surface area contributed by atoms with Crippen LogP contribution >= 0.6 is 0 Å². The Labute approximate surface area is 138 Å². The summed E-state index contributed by atoms with van der Waals surface area (Å²) in [6, 6.07) is 0.419. The first-order chi connectivity index (χ1) is 10.9. The van der Waals surface area contributed by atoms with E-state index >= 15 is 0 Å². The van der Waals surface area contributed by atoms with Crippen molar-refractivity contribution in [2.45, 2.75) is 45.4 Å². The largest absolute Gasteiger partial charge is 0.377 e. The Balaban J connectivity index is 1.65. The Bertz CT molecular complexity index is 579. The molecule has 1 aromatic heterocycles. The molecule has 0 aromatic carbocycles. The number of guanidine groups is 1. The third kappa shape index (κ3) is 2.96. The van der Waals surface area contributed by atoms with Gasteiger partial charge in [-0.2, -0.15) is 5.10 Å². The number of ether oxygens (including phenoxy) is 1. The Hall–Kier alpha value is -1.56. The Morgan fingerprint density at radius 3 is 3.00 bits per heavy atom. The van der Waals surface area contributed by atoms with Crippen molar-refractivity contribution in [3.63, 3.8) is 0 Å². The molecule has 0 bridgehead atoms. The molecule has 128 valence electrons. The van der Waals surface area contributed by atoms with Crippen LogP contribution < -0.4 is 5.32 Å². The molecule has 0 radical (unpaired) electrons. The Morgan fingerprint density at radius 2 is 2.35 bits per heavy atom. The Morgan fingerprint density at radius 1 is 1.57 bits per heavy atom. The summed E-state index contributed by atoms with van der Waals surface area (Å²) in [5, 5.41) is 7.92. The van der Waals surface area contributed by atoms with Gasteiger partial charge in [-0.15, -0.1) is 0 Å². The SMILES string of the molecule is CN=C(NC1C2CCCOC2C1(C)C)N(C)Cc1cnn(C)c1. The molecule has 3 atom stereocenters. The number of nitrogens with zero attached hydrogens (tertiary/aromatic N) is 4. The highest BCUT2D eigenvalue weighted by atomic mass is 16.5. The second kappa shape index (κ2) is 6.15. The maximum atomic E-state index is 5.99. The quantitative estimate of drug-likeness (QED) is 0.680. The topological polar surface area (TPSA) is 54.7 Å². The Kier molecular flexibility index (Phi) is 4.36. The monoisotopic (exact) mass is 319 g/mol. The van der Waals surface area contributed by atoms with E-state index in [0.29, 0.717) is 18.1 Å². The number of hydrogen-bond donors (Lipinski definition) is 1.